The van der Waals surface area contributed by atoms with Gasteiger partial charge in [0.1, 0.15) is 0 Å². The van der Waals surface area contributed by atoms with Crippen molar-refractivity contribution in [3.63, 3.8) is 0 Å². The van der Waals surface area contributed by atoms with Crippen LogP contribution in [0.25, 0.3) is 0 Å². The van der Waals surface area contributed by atoms with Crippen LogP contribution in [0, 0.1) is 0 Å². The number of alkyl halides is 7. The van der Waals surface area contributed by atoms with Crippen molar-refractivity contribution in [2.24, 2.45) is 0 Å². The summed E-state index contributed by atoms with van der Waals surface area (Å²) < 4.78 is 87.7. The van der Waals surface area contributed by atoms with Crippen LogP contribution >= 0.6 is 11.8 Å². The molecule has 0 unspecified atom stereocenters. The number of benzene rings is 1. The molecular formula is C13H11F7OS. The largest absolute Gasteiger partial charge is 0.460 e. The van der Waals surface area contributed by atoms with Gasteiger partial charge in [0.25, 0.3) is 5.12 Å². The Labute approximate surface area is 125 Å². The minimum Gasteiger partial charge on any atom is -0.280 e. The van der Waals surface area contributed by atoms with Crippen LogP contribution in [0.15, 0.2) is 29.2 Å². The first-order valence-corrected chi connectivity index (χ1v) is 6.77. The number of rotatable bonds is 4. The fourth-order valence-corrected chi connectivity index (χ4v) is 2.14. The SMILES string of the molecule is CC(C)c1ccc(SC(=O)C(F)(F)C(F)(F)C(F)(F)F)cc1. The van der Waals surface area contributed by atoms with Gasteiger partial charge in [0, 0.05) is 4.90 Å². The highest BCUT2D eigenvalue weighted by Crippen LogP contribution is 2.49. The third kappa shape index (κ3) is 3.56. The van der Waals surface area contributed by atoms with Gasteiger partial charge in [-0.25, -0.2) is 0 Å². The molecule has 0 fully saturated rings. The molecule has 1 aromatic carbocycles. The first-order valence-electron chi connectivity index (χ1n) is 5.95. The first kappa shape index (κ1) is 18.8. The lowest BCUT2D eigenvalue weighted by molar-refractivity contribution is -0.341. The summed E-state index contributed by atoms with van der Waals surface area (Å²) in [6.45, 7) is 3.68. The van der Waals surface area contributed by atoms with Gasteiger partial charge >= 0.3 is 18.0 Å². The van der Waals surface area contributed by atoms with E-state index in [0.717, 1.165) is 5.56 Å². The summed E-state index contributed by atoms with van der Waals surface area (Å²) in [6.07, 6.45) is -6.52. The zero-order valence-electron chi connectivity index (χ0n) is 11.3. The zero-order chi connectivity index (χ0) is 17.3. The summed E-state index contributed by atoms with van der Waals surface area (Å²) in [7, 11) is 0. The van der Waals surface area contributed by atoms with E-state index in [0.29, 0.717) is 0 Å². The van der Waals surface area contributed by atoms with E-state index in [2.05, 4.69) is 0 Å². The Balaban J connectivity index is 2.96. The van der Waals surface area contributed by atoms with Crippen molar-refractivity contribution < 1.29 is 35.5 Å². The number of hydrogen-bond acceptors (Lipinski definition) is 2. The summed E-state index contributed by atoms with van der Waals surface area (Å²) in [5, 5.41) is -2.56. The number of carbonyl (C=O) groups is 1. The number of thioether (sulfide) groups is 1. The second-order valence-corrected chi connectivity index (χ2v) is 5.81. The Kier molecular flexibility index (Phi) is 5.21. The average molecular weight is 348 g/mol. The molecule has 0 atom stereocenters. The van der Waals surface area contributed by atoms with E-state index in [1.807, 2.05) is 13.8 Å². The predicted octanol–water partition coefficient (Wildman–Crippen LogP) is 5.26. The van der Waals surface area contributed by atoms with Gasteiger partial charge in [0.05, 0.1) is 0 Å². The predicted molar refractivity (Wildman–Crippen MR) is 67.3 cm³/mol. The van der Waals surface area contributed by atoms with E-state index in [4.69, 9.17) is 0 Å². The topological polar surface area (TPSA) is 17.1 Å². The molecule has 0 aromatic heterocycles. The summed E-state index contributed by atoms with van der Waals surface area (Å²) in [6, 6.07) is 5.36. The van der Waals surface area contributed by atoms with Gasteiger partial charge in [-0.2, -0.15) is 30.7 Å². The van der Waals surface area contributed by atoms with Gasteiger partial charge < -0.3 is 0 Å². The molecule has 22 heavy (non-hydrogen) atoms. The normalized spacial score (nSPS) is 13.5. The smallest absolute Gasteiger partial charge is 0.280 e. The summed E-state index contributed by atoms with van der Waals surface area (Å²) in [5.74, 6) is -12.2. The molecular weight excluding hydrogens is 337 g/mol. The van der Waals surface area contributed by atoms with E-state index in [-0.39, 0.29) is 22.6 Å². The average Bonchev–Trinajstić information content (AvgIpc) is 2.37. The molecule has 1 nitrogen and oxygen atoms in total. The standard InChI is InChI=1S/C13H11F7OS/c1-7(2)8-3-5-9(6-4-8)22-10(21)11(14,15)12(16,17)13(18,19)20/h3-7H,1-2H3. The molecule has 0 amide bonds. The van der Waals surface area contributed by atoms with E-state index in [9.17, 15) is 35.5 Å². The highest BCUT2D eigenvalue weighted by atomic mass is 32.2. The summed E-state index contributed by atoms with van der Waals surface area (Å²) in [5.41, 5.74) is 0.796. The highest BCUT2D eigenvalue weighted by Gasteiger charge is 2.76. The monoisotopic (exact) mass is 348 g/mol. The molecule has 1 aromatic rings. The Hall–Kier alpha value is -1.25. The van der Waals surface area contributed by atoms with Crippen LogP contribution in [0.2, 0.25) is 0 Å². The van der Waals surface area contributed by atoms with Crippen molar-refractivity contribution in [3.8, 4) is 0 Å². The minimum absolute atomic E-state index is 0.103. The van der Waals surface area contributed by atoms with Crippen molar-refractivity contribution in [1.82, 2.24) is 0 Å². The van der Waals surface area contributed by atoms with E-state index in [1.54, 1.807) is 0 Å². The lowest BCUT2D eigenvalue weighted by Gasteiger charge is -2.26. The Morgan fingerprint density at radius 1 is 0.955 bits per heavy atom. The molecule has 0 radical (unpaired) electrons. The molecule has 9 heteroatoms. The van der Waals surface area contributed by atoms with Gasteiger partial charge in [0.15, 0.2) is 0 Å². The second kappa shape index (κ2) is 6.10. The van der Waals surface area contributed by atoms with Crippen molar-refractivity contribution in [2.45, 2.75) is 42.7 Å². The minimum atomic E-state index is -6.52. The lowest BCUT2D eigenvalue weighted by atomic mass is 10.0. The van der Waals surface area contributed by atoms with Gasteiger partial charge in [-0.05, 0) is 35.4 Å². The third-order valence-electron chi connectivity index (χ3n) is 2.76. The van der Waals surface area contributed by atoms with Crippen LogP contribution in [-0.2, 0) is 4.79 Å². The molecule has 0 spiro atoms. The maximum Gasteiger partial charge on any atom is 0.460 e. The first-order chi connectivity index (χ1) is 9.80. The molecule has 0 aliphatic heterocycles. The van der Waals surface area contributed by atoms with E-state index in [1.165, 1.54) is 24.3 Å². The third-order valence-corrected chi connectivity index (χ3v) is 3.71. The van der Waals surface area contributed by atoms with Gasteiger partial charge in [-0.1, -0.05) is 26.0 Å². The van der Waals surface area contributed by atoms with Crippen molar-refractivity contribution >= 4 is 16.9 Å². The zero-order valence-corrected chi connectivity index (χ0v) is 12.2. The Morgan fingerprint density at radius 3 is 1.77 bits per heavy atom. The fraction of sp³-hybridized carbons (Fsp3) is 0.462. The maximum absolute atomic E-state index is 13.1. The lowest BCUT2D eigenvalue weighted by Crippen LogP contribution is -2.55. The van der Waals surface area contributed by atoms with Gasteiger partial charge in [-0.3, -0.25) is 4.79 Å². The highest BCUT2D eigenvalue weighted by molar-refractivity contribution is 8.13. The van der Waals surface area contributed by atoms with E-state index >= 15 is 0 Å². The Bertz CT molecular complexity index is 534. The molecule has 1 rings (SSSR count). The molecule has 124 valence electrons. The molecule has 0 saturated heterocycles. The summed E-state index contributed by atoms with van der Waals surface area (Å²) in [4.78, 5) is 11.0. The van der Waals surface area contributed by atoms with Crippen molar-refractivity contribution in [2.75, 3.05) is 0 Å². The number of hydrogen-bond donors (Lipinski definition) is 0. The Morgan fingerprint density at radius 2 is 1.41 bits per heavy atom. The van der Waals surface area contributed by atoms with Gasteiger partial charge in [0.2, 0.25) is 0 Å². The molecule has 0 aliphatic rings. The van der Waals surface area contributed by atoms with Crippen molar-refractivity contribution in [3.05, 3.63) is 29.8 Å². The van der Waals surface area contributed by atoms with E-state index < -0.39 is 23.1 Å². The van der Waals surface area contributed by atoms with Crippen LogP contribution < -0.4 is 0 Å². The quantitative estimate of drug-likeness (QED) is 0.545. The van der Waals surface area contributed by atoms with Crippen LogP contribution in [0.3, 0.4) is 0 Å². The van der Waals surface area contributed by atoms with Crippen LogP contribution in [-0.4, -0.2) is 23.1 Å². The summed E-state index contributed by atoms with van der Waals surface area (Å²) >= 11 is -0.355. The van der Waals surface area contributed by atoms with Crippen LogP contribution in [0.4, 0.5) is 30.7 Å². The number of halogens is 7. The molecule has 0 N–H and O–H groups in total. The molecule has 0 saturated carbocycles. The maximum atomic E-state index is 13.1. The fourth-order valence-electron chi connectivity index (χ4n) is 1.40. The van der Waals surface area contributed by atoms with Crippen LogP contribution in [0.1, 0.15) is 25.3 Å². The number of carbonyl (C=O) groups excluding carboxylic acids is 1. The molecule has 0 aliphatic carbocycles. The molecule has 0 heterocycles. The molecule has 0 bridgehead atoms. The van der Waals surface area contributed by atoms with Gasteiger partial charge in [-0.15, -0.1) is 0 Å². The second-order valence-electron chi connectivity index (χ2n) is 4.76. The van der Waals surface area contributed by atoms with Crippen LogP contribution in [0.5, 0.6) is 0 Å². The van der Waals surface area contributed by atoms with Crippen molar-refractivity contribution in [1.29, 1.82) is 0 Å².